The highest BCUT2D eigenvalue weighted by atomic mass is 19.1. The highest BCUT2D eigenvalue weighted by Gasteiger charge is 2.24. The second kappa shape index (κ2) is 7.87. The molecule has 1 atom stereocenters. The highest BCUT2D eigenvalue weighted by Crippen LogP contribution is 2.19. The zero-order valence-electron chi connectivity index (χ0n) is 13.5. The van der Waals surface area contributed by atoms with Crippen LogP contribution in [0.25, 0.3) is 0 Å². The molecule has 0 aliphatic carbocycles. The van der Waals surface area contributed by atoms with E-state index in [1.807, 2.05) is 19.2 Å². The van der Waals surface area contributed by atoms with Crippen LogP contribution in [0.3, 0.4) is 0 Å². The first-order valence-corrected chi connectivity index (χ1v) is 7.98. The number of nitrogens with one attached hydrogen (secondary N) is 1. The molecule has 1 fully saturated rings. The van der Waals surface area contributed by atoms with Crippen molar-refractivity contribution in [2.75, 3.05) is 33.7 Å². The molecular weight excluding hydrogens is 265 g/mol. The molecule has 1 saturated heterocycles. The second-order valence-corrected chi connectivity index (χ2v) is 6.08. The van der Waals surface area contributed by atoms with Crippen molar-refractivity contribution in [2.45, 2.75) is 38.9 Å². The van der Waals surface area contributed by atoms with E-state index in [4.69, 9.17) is 0 Å². The van der Waals surface area contributed by atoms with Crippen molar-refractivity contribution in [3.63, 3.8) is 0 Å². The van der Waals surface area contributed by atoms with E-state index in [9.17, 15) is 4.39 Å². The zero-order valence-corrected chi connectivity index (χ0v) is 13.5. The Morgan fingerprint density at radius 3 is 2.95 bits per heavy atom. The molecule has 1 heterocycles. The summed E-state index contributed by atoms with van der Waals surface area (Å²) in [6.45, 7) is 7.02. The molecule has 0 bridgehead atoms. The molecule has 118 valence electrons. The van der Waals surface area contributed by atoms with Gasteiger partial charge in [0.2, 0.25) is 0 Å². The van der Waals surface area contributed by atoms with E-state index in [0.29, 0.717) is 12.6 Å². The fraction of sp³-hybridized carbons (Fsp3) is 0.647. The number of hydrogen-bond donors (Lipinski definition) is 1. The standard InChI is InChI=1S/C17H28FN3/c1-4-21-9-5-6-16(21)13-20(3)12-15-10-14(11-19-2)7-8-17(15)18/h7-8,10,16,19H,4-6,9,11-13H2,1-3H3. The Labute approximate surface area is 128 Å². The van der Waals surface area contributed by atoms with Gasteiger partial charge in [-0.1, -0.05) is 19.1 Å². The van der Waals surface area contributed by atoms with Crippen molar-refractivity contribution in [2.24, 2.45) is 0 Å². The summed E-state index contributed by atoms with van der Waals surface area (Å²) in [6, 6.07) is 6.05. The van der Waals surface area contributed by atoms with Crippen LogP contribution in [0.2, 0.25) is 0 Å². The normalized spacial score (nSPS) is 19.6. The quantitative estimate of drug-likeness (QED) is 0.833. The van der Waals surface area contributed by atoms with E-state index in [-0.39, 0.29) is 5.82 Å². The fourth-order valence-corrected chi connectivity index (χ4v) is 3.30. The molecule has 1 aromatic carbocycles. The van der Waals surface area contributed by atoms with Crippen LogP contribution in [0.15, 0.2) is 18.2 Å². The molecule has 4 heteroatoms. The Kier molecular flexibility index (Phi) is 6.15. The fourth-order valence-electron chi connectivity index (χ4n) is 3.30. The summed E-state index contributed by atoms with van der Waals surface area (Å²) in [5.41, 5.74) is 1.93. The maximum atomic E-state index is 14.0. The van der Waals surface area contributed by atoms with Crippen molar-refractivity contribution in [1.82, 2.24) is 15.1 Å². The first-order valence-electron chi connectivity index (χ1n) is 7.98. The lowest BCUT2D eigenvalue weighted by Gasteiger charge is -2.28. The van der Waals surface area contributed by atoms with E-state index >= 15 is 0 Å². The molecular formula is C17H28FN3. The molecule has 1 unspecified atom stereocenters. The number of benzene rings is 1. The van der Waals surface area contributed by atoms with Crippen LogP contribution in [0.1, 0.15) is 30.9 Å². The van der Waals surface area contributed by atoms with Crippen LogP contribution in [0, 0.1) is 5.82 Å². The van der Waals surface area contributed by atoms with Gasteiger partial charge in [0.25, 0.3) is 0 Å². The van der Waals surface area contributed by atoms with E-state index < -0.39 is 0 Å². The largest absolute Gasteiger partial charge is 0.316 e. The van der Waals surface area contributed by atoms with Crippen molar-refractivity contribution in [3.05, 3.63) is 35.1 Å². The Bertz CT molecular complexity index is 450. The van der Waals surface area contributed by atoms with Gasteiger partial charge in [-0.15, -0.1) is 0 Å². The van der Waals surface area contributed by atoms with Gasteiger partial charge in [-0.3, -0.25) is 4.90 Å². The third-order valence-corrected chi connectivity index (χ3v) is 4.36. The molecule has 21 heavy (non-hydrogen) atoms. The summed E-state index contributed by atoms with van der Waals surface area (Å²) in [4.78, 5) is 4.78. The van der Waals surface area contributed by atoms with Gasteiger partial charge in [-0.2, -0.15) is 0 Å². The van der Waals surface area contributed by atoms with Crippen LogP contribution in [0.5, 0.6) is 0 Å². The summed E-state index contributed by atoms with van der Waals surface area (Å²) in [5, 5.41) is 3.11. The molecule has 0 aromatic heterocycles. The summed E-state index contributed by atoms with van der Waals surface area (Å²) >= 11 is 0. The van der Waals surface area contributed by atoms with Crippen molar-refractivity contribution < 1.29 is 4.39 Å². The SMILES string of the molecule is CCN1CCCC1CN(C)Cc1cc(CNC)ccc1F. The van der Waals surface area contributed by atoms with Gasteiger partial charge in [0.1, 0.15) is 5.82 Å². The molecule has 3 nitrogen and oxygen atoms in total. The molecule has 1 aliphatic heterocycles. The molecule has 0 saturated carbocycles. The number of likely N-dealkylation sites (tertiary alicyclic amines) is 1. The van der Waals surface area contributed by atoms with Crippen LogP contribution >= 0.6 is 0 Å². The highest BCUT2D eigenvalue weighted by molar-refractivity contribution is 5.25. The van der Waals surface area contributed by atoms with Gasteiger partial charge in [0, 0.05) is 31.2 Å². The second-order valence-electron chi connectivity index (χ2n) is 6.08. The lowest BCUT2D eigenvalue weighted by molar-refractivity contribution is 0.193. The third kappa shape index (κ3) is 4.50. The maximum absolute atomic E-state index is 14.0. The minimum Gasteiger partial charge on any atom is -0.316 e. The Balaban J connectivity index is 1.95. The monoisotopic (exact) mass is 293 g/mol. The molecule has 1 aromatic rings. The molecule has 1 aliphatic rings. The first-order chi connectivity index (χ1) is 10.1. The lowest BCUT2D eigenvalue weighted by atomic mass is 10.1. The Hall–Kier alpha value is -0.970. The minimum absolute atomic E-state index is 0.0968. The number of hydrogen-bond acceptors (Lipinski definition) is 3. The van der Waals surface area contributed by atoms with Crippen molar-refractivity contribution in [1.29, 1.82) is 0 Å². The van der Waals surface area contributed by atoms with E-state index in [2.05, 4.69) is 29.1 Å². The van der Waals surface area contributed by atoms with E-state index in [1.165, 1.54) is 19.4 Å². The number of halogens is 1. The summed E-state index contributed by atoms with van der Waals surface area (Å²) in [6.07, 6.45) is 2.55. The Morgan fingerprint density at radius 2 is 2.24 bits per heavy atom. The third-order valence-electron chi connectivity index (χ3n) is 4.36. The molecule has 0 amide bonds. The van der Waals surface area contributed by atoms with Crippen LogP contribution in [-0.4, -0.2) is 49.6 Å². The summed E-state index contributed by atoms with van der Waals surface area (Å²) in [7, 11) is 4.00. The first kappa shape index (κ1) is 16.4. The number of nitrogens with zero attached hydrogens (tertiary/aromatic N) is 2. The molecule has 1 N–H and O–H groups in total. The average Bonchev–Trinajstić information content (AvgIpc) is 2.90. The van der Waals surface area contributed by atoms with Gasteiger partial charge >= 0.3 is 0 Å². The maximum Gasteiger partial charge on any atom is 0.127 e. The van der Waals surface area contributed by atoms with E-state index in [1.54, 1.807) is 6.07 Å². The van der Waals surface area contributed by atoms with Crippen molar-refractivity contribution >= 4 is 0 Å². The number of likely N-dealkylation sites (N-methyl/N-ethyl adjacent to an activating group) is 2. The topological polar surface area (TPSA) is 18.5 Å². The predicted octanol–water partition coefficient (Wildman–Crippen LogP) is 2.46. The Morgan fingerprint density at radius 1 is 1.43 bits per heavy atom. The molecule has 2 rings (SSSR count). The minimum atomic E-state index is -0.0968. The van der Waals surface area contributed by atoms with Crippen LogP contribution in [-0.2, 0) is 13.1 Å². The number of rotatable bonds is 7. The van der Waals surface area contributed by atoms with Gasteiger partial charge in [0.05, 0.1) is 0 Å². The summed E-state index contributed by atoms with van der Waals surface area (Å²) in [5.74, 6) is -0.0968. The smallest absolute Gasteiger partial charge is 0.127 e. The average molecular weight is 293 g/mol. The van der Waals surface area contributed by atoms with Crippen molar-refractivity contribution in [3.8, 4) is 0 Å². The van der Waals surface area contributed by atoms with Gasteiger partial charge in [-0.05, 0) is 51.7 Å². The molecule has 0 radical (unpaired) electrons. The predicted molar refractivity (Wildman–Crippen MR) is 85.8 cm³/mol. The molecule has 0 spiro atoms. The van der Waals surface area contributed by atoms with Gasteiger partial charge < -0.3 is 10.2 Å². The van der Waals surface area contributed by atoms with Crippen LogP contribution in [0.4, 0.5) is 4.39 Å². The zero-order chi connectivity index (χ0) is 15.2. The van der Waals surface area contributed by atoms with Gasteiger partial charge in [0.15, 0.2) is 0 Å². The van der Waals surface area contributed by atoms with Crippen LogP contribution < -0.4 is 5.32 Å². The van der Waals surface area contributed by atoms with Gasteiger partial charge in [-0.25, -0.2) is 4.39 Å². The van der Waals surface area contributed by atoms with E-state index in [0.717, 1.165) is 30.8 Å². The summed E-state index contributed by atoms with van der Waals surface area (Å²) < 4.78 is 14.0. The lowest BCUT2D eigenvalue weighted by Crippen LogP contribution is -2.38.